The van der Waals surface area contributed by atoms with Gasteiger partial charge in [0.15, 0.2) is 34.4 Å². The molecule has 2 aromatic heterocycles. The van der Waals surface area contributed by atoms with Crippen molar-refractivity contribution in [3.63, 3.8) is 0 Å². The second kappa shape index (κ2) is 46.8. The number of esters is 2. The number of benzene rings is 4. The number of alkyl halides is 1. The standard InChI is InChI=1S/C15H18ClNO4.C13H16ClNO4.C11H10ClNO3.C7H13NO3.C6H6ClNO.C4H9BrO.C2H6O.ClH/c1-4-20-13-7-11(18)10-5-6-12(14(16)15(10)17-13)21-8-9(2)19-3;1-3-18-11(8-12(17)19-4-2)15-9-6-5-7-10(16)13(9)14;1-2-16-9-5-8(15)6-3-4-7(14)10(12)11(6)13-9;1-3-10-6(8)5-7(9)11-4-2;7-6-4(8)2-1-3-5(6)9;1-4(3-5)6-2;1-2-3;/h5-7,9H,4,8H2,1-3H3,(H,17,18);5-7,16H,3-4,8H2,1-2H3;3-5,14H,2H2,1H3,(H,13,15);8H,3-5H2,1-2H3;1-3,9H,8H2;4H,3H2,1-2H3;3H,2H2,1H3;1H. The van der Waals surface area contributed by atoms with Gasteiger partial charge < -0.3 is 78.8 Å². The average molecular weight is 1380 g/mol. The summed E-state index contributed by atoms with van der Waals surface area (Å²) in [6.45, 7) is 19.2. The van der Waals surface area contributed by atoms with Crippen LogP contribution in [0.2, 0.25) is 20.1 Å². The molecular formula is C58H79BrCl5N5O17. The Bertz CT molecular complexity index is 3080. The number of phenolic OH excluding ortho intramolecular Hbond substituents is 3. The molecule has 2 atom stereocenters. The van der Waals surface area contributed by atoms with E-state index in [1.165, 1.54) is 36.4 Å². The first-order chi connectivity index (χ1) is 40.4. The lowest BCUT2D eigenvalue weighted by Crippen LogP contribution is -2.16. The first-order valence-electron chi connectivity index (χ1n) is 26.3. The zero-order valence-corrected chi connectivity index (χ0v) is 55.2. The molecule has 9 N–H and O–H groups in total. The Labute approximate surface area is 535 Å². The molecule has 2 unspecified atom stereocenters. The van der Waals surface area contributed by atoms with Gasteiger partial charge in [-0.2, -0.15) is 0 Å². The van der Waals surface area contributed by atoms with Crippen molar-refractivity contribution in [1.82, 2.24) is 9.97 Å². The van der Waals surface area contributed by atoms with Crippen molar-refractivity contribution >= 4 is 132 Å². The number of nitrogens with zero attached hydrogens (tertiary/aromatic N) is 1. The summed E-state index contributed by atoms with van der Waals surface area (Å²) in [5, 5.41) is 45.1. The maximum absolute atomic E-state index is 12.0. The van der Waals surface area contributed by atoms with Gasteiger partial charge in [0.1, 0.15) is 62.5 Å². The lowest BCUT2D eigenvalue weighted by molar-refractivity contribution is -0.142. The Morgan fingerprint density at radius 1 is 0.616 bits per heavy atom. The fraction of sp³-hybridized carbons (Fsp3) is 0.414. The number of phenols is 3. The predicted octanol–water partition coefficient (Wildman–Crippen LogP) is 12.8. The summed E-state index contributed by atoms with van der Waals surface area (Å²) >= 11 is 26.9. The molecule has 480 valence electrons. The van der Waals surface area contributed by atoms with Gasteiger partial charge in [0.05, 0.1) is 74.3 Å². The molecule has 0 amide bonds. The van der Waals surface area contributed by atoms with Crippen LogP contribution in [0.1, 0.15) is 75.2 Å². The van der Waals surface area contributed by atoms with E-state index in [2.05, 4.69) is 35.6 Å². The number of nitrogen functional groups attached to an aromatic ring is 1. The molecule has 22 nitrogen and oxygen atoms in total. The fourth-order valence-electron chi connectivity index (χ4n) is 5.86. The maximum Gasteiger partial charge on any atom is 0.315 e. The normalized spacial score (nSPS) is 10.8. The number of nitrogens with two attached hydrogens (primary N) is 1. The van der Waals surface area contributed by atoms with Crippen LogP contribution in [0, 0.1) is 5.41 Å². The van der Waals surface area contributed by atoms with E-state index in [1.807, 2.05) is 27.7 Å². The number of aliphatic hydroxyl groups excluding tert-OH is 1. The lowest BCUT2D eigenvalue weighted by Gasteiger charge is -2.14. The number of methoxy groups -OCH3 is 2. The molecule has 0 bridgehead atoms. The summed E-state index contributed by atoms with van der Waals surface area (Å²) < 4.78 is 45.6. The minimum atomic E-state index is -0.425. The van der Waals surface area contributed by atoms with E-state index < -0.39 is 11.9 Å². The number of aromatic nitrogens is 2. The van der Waals surface area contributed by atoms with E-state index in [1.54, 1.807) is 85.2 Å². The van der Waals surface area contributed by atoms with Crippen LogP contribution in [0.3, 0.4) is 0 Å². The lowest BCUT2D eigenvalue weighted by atomic mass is 10.2. The predicted molar refractivity (Wildman–Crippen MR) is 347 cm³/mol. The highest BCUT2D eigenvalue weighted by Crippen LogP contribution is 2.34. The van der Waals surface area contributed by atoms with Gasteiger partial charge in [-0.25, -0.2) is 4.99 Å². The summed E-state index contributed by atoms with van der Waals surface area (Å²) in [4.78, 5) is 55.8. The van der Waals surface area contributed by atoms with Gasteiger partial charge in [-0.15, -0.1) is 12.4 Å². The quantitative estimate of drug-likeness (QED) is 0.0123. The molecule has 0 fully saturated rings. The smallest absolute Gasteiger partial charge is 0.315 e. The molecule has 0 radical (unpaired) electrons. The number of nitrogens with one attached hydrogen (secondary N) is 3. The van der Waals surface area contributed by atoms with Gasteiger partial charge in [0.25, 0.3) is 0 Å². The van der Waals surface area contributed by atoms with Crippen molar-refractivity contribution in [2.24, 2.45) is 4.99 Å². The third kappa shape index (κ3) is 31.3. The van der Waals surface area contributed by atoms with Crippen molar-refractivity contribution in [2.45, 2.75) is 87.4 Å². The van der Waals surface area contributed by atoms with Gasteiger partial charge >= 0.3 is 11.9 Å². The largest absolute Gasteiger partial charge is 0.506 e. The van der Waals surface area contributed by atoms with Crippen LogP contribution >= 0.6 is 74.7 Å². The minimum absolute atomic E-state index is 0. The maximum atomic E-state index is 12.0. The second-order valence-corrected chi connectivity index (χ2v) is 18.6. The van der Waals surface area contributed by atoms with E-state index in [0.717, 1.165) is 5.33 Å². The van der Waals surface area contributed by atoms with Crippen LogP contribution in [0.5, 0.6) is 34.8 Å². The summed E-state index contributed by atoms with van der Waals surface area (Å²) in [5.41, 5.74) is 6.62. The van der Waals surface area contributed by atoms with Crippen molar-refractivity contribution in [3.05, 3.63) is 113 Å². The summed E-state index contributed by atoms with van der Waals surface area (Å²) in [6, 6.07) is 18.5. The van der Waals surface area contributed by atoms with Gasteiger partial charge in [-0.3, -0.25) is 24.6 Å². The Morgan fingerprint density at radius 2 is 1.07 bits per heavy atom. The number of hydrogen-bond donors (Lipinski definition) is 8. The molecule has 0 aliphatic carbocycles. The fourth-order valence-corrected chi connectivity index (χ4v) is 6.90. The molecule has 0 spiro atoms. The number of H-pyrrole nitrogens is 2. The number of ether oxygens (including phenoxy) is 9. The van der Waals surface area contributed by atoms with E-state index in [0.29, 0.717) is 108 Å². The third-order valence-corrected chi connectivity index (χ3v) is 12.4. The highest BCUT2D eigenvalue weighted by Gasteiger charge is 2.15. The van der Waals surface area contributed by atoms with Crippen LogP contribution < -0.4 is 30.8 Å². The molecule has 0 aliphatic rings. The van der Waals surface area contributed by atoms with Crippen LogP contribution in [0.4, 0.5) is 11.4 Å². The summed E-state index contributed by atoms with van der Waals surface area (Å²) in [7, 11) is 3.31. The molecule has 0 aliphatic heterocycles. The molecule has 6 rings (SSSR count). The van der Waals surface area contributed by atoms with Gasteiger partial charge in [-0.1, -0.05) is 74.5 Å². The number of fused-ring (bicyclic) bond motifs is 2. The SMILES string of the molecule is CCO.CCOC(=N)CC(=O)OCC.CCOC(=O)CC(=Nc1cccc(O)c1Cl)OCC.CCOc1cc(=O)c2ccc(O)c(Cl)c2[nH]1.CCOc1cc(=O)c2ccc(OCC(C)OC)c(Cl)c2[nH]1.COC(C)CBr.Cl.Nc1cccc(O)c1Cl. The molecule has 28 heteroatoms. The number of rotatable bonds is 19. The molecule has 0 saturated heterocycles. The Balaban J connectivity index is 0. The molecular weight excluding hydrogens is 1300 g/mol. The Hall–Kier alpha value is -6.41. The Morgan fingerprint density at radius 3 is 1.51 bits per heavy atom. The van der Waals surface area contributed by atoms with E-state index in [9.17, 15) is 29.4 Å². The zero-order chi connectivity index (χ0) is 64.6. The number of aromatic amines is 2. The number of aliphatic imine (C=N–C) groups is 1. The number of pyridine rings is 2. The number of aliphatic hydroxyl groups is 1. The Kier molecular flexibility index (Phi) is 44.4. The van der Waals surface area contributed by atoms with E-state index in [-0.39, 0.29) is 92.9 Å². The van der Waals surface area contributed by atoms with Gasteiger partial charge in [0.2, 0.25) is 0 Å². The number of carbonyl (C=O) groups excluding carboxylic acids is 2. The van der Waals surface area contributed by atoms with E-state index >= 15 is 0 Å². The van der Waals surface area contributed by atoms with E-state index in [4.69, 9.17) is 106 Å². The first-order valence-corrected chi connectivity index (χ1v) is 29.0. The highest BCUT2D eigenvalue weighted by atomic mass is 79.9. The second-order valence-electron chi connectivity index (χ2n) is 16.4. The summed E-state index contributed by atoms with van der Waals surface area (Å²) in [6.07, 6.45) is 0.158. The molecule has 4 aromatic carbocycles. The van der Waals surface area contributed by atoms with Crippen LogP contribution in [0.15, 0.2) is 87.4 Å². The van der Waals surface area contributed by atoms with Crippen LogP contribution in [0.25, 0.3) is 21.8 Å². The van der Waals surface area contributed by atoms with Gasteiger partial charge in [0, 0.05) is 49.1 Å². The van der Waals surface area contributed by atoms with Crippen LogP contribution in [-0.4, -0.2) is 139 Å². The molecule has 2 heterocycles. The van der Waals surface area contributed by atoms with Crippen LogP contribution in [-0.2, 0) is 38.0 Å². The van der Waals surface area contributed by atoms with Crippen molar-refractivity contribution in [2.75, 3.05) is 78.1 Å². The summed E-state index contributed by atoms with van der Waals surface area (Å²) in [5.74, 6) is 0.436. The highest BCUT2D eigenvalue weighted by molar-refractivity contribution is 9.09. The third-order valence-electron chi connectivity index (χ3n) is 9.93. The first kappa shape index (κ1) is 81.7. The monoisotopic (exact) mass is 1370 g/mol. The number of carbonyl (C=O) groups is 2. The van der Waals surface area contributed by atoms with Crippen molar-refractivity contribution in [1.29, 1.82) is 5.41 Å². The minimum Gasteiger partial charge on any atom is -0.506 e. The number of anilines is 1. The topological polar surface area (TPSA) is 326 Å². The average Bonchev–Trinajstić information content (AvgIpc) is 1.26. The van der Waals surface area contributed by atoms with Gasteiger partial charge in [-0.05, 0) is 111 Å². The molecule has 86 heavy (non-hydrogen) atoms. The number of halogens is 6. The molecule has 6 aromatic rings. The number of aromatic hydroxyl groups is 3. The van der Waals surface area contributed by atoms with Crippen molar-refractivity contribution in [3.8, 4) is 34.8 Å². The molecule has 0 saturated carbocycles. The zero-order valence-electron chi connectivity index (χ0n) is 49.8. The number of hydrogen-bond acceptors (Lipinski definition) is 20. The van der Waals surface area contributed by atoms with Crippen molar-refractivity contribution < 1.29 is 72.6 Å².